The van der Waals surface area contributed by atoms with Gasteiger partial charge in [0.05, 0.1) is 11.1 Å². The summed E-state index contributed by atoms with van der Waals surface area (Å²) in [5, 5.41) is 3.86. The number of para-hydroxylation sites is 1. The average Bonchev–Trinajstić information content (AvgIpc) is 2.46. The quantitative estimate of drug-likeness (QED) is 0.732. The second kappa shape index (κ2) is 5.27. The number of benzene rings is 1. The molecule has 0 aliphatic rings. The summed E-state index contributed by atoms with van der Waals surface area (Å²) in [7, 11) is 0. The highest BCUT2D eigenvalue weighted by Crippen LogP contribution is 2.18. The number of anilines is 1. The number of nitrogens with one attached hydrogen (secondary N) is 1. The number of hydrogen-bond acceptors (Lipinski definition) is 3. The summed E-state index contributed by atoms with van der Waals surface area (Å²) in [5.41, 5.74) is 1.33. The van der Waals surface area contributed by atoms with E-state index < -0.39 is 0 Å². The molecule has 0 bridgehead atoms. The number of fused-ring (bicyclic) bond motifs is 1. The van der Waals surface area contributed by atoms with Gasteiger partial charge in [0.1, 0.15) is 11.0 Å². The number of pyridine rings is 2. The van der Waals surface area contributed by atoms with E-state index in [1.54, 1.807) is 30.5 Å². The molecule has 4 nitrogen and oxygen atoms in total. The van der Waals surface area contributed by atoms with E-state index in [-0.39, 0.29) is 5.91 Å². The topological polar surface area (TPSA) is 54.9 Å². The Labute approximate surface area is 120 Å². The van der Waals surface area contributed by atoms with Gasteiger partial charge in [-0.3, -0.25) is 9.78 Å². The highest BCUT2D eigenvalue weighted by Gasteiger charge is 2.11. The number of nitrogens with zero attached hydrogens (tertiary/aromatic N) is 2. The van der Waals surface area contributed by atoms with E-state index in [1.807, 2.05) is 24.3 Å². The van der Waals surface area contributed by atoms with Crippen LogP contribution >= 0.6 is 11.6 Å². The van der Waals surface area contributed by atoms with E-state index in [0.717, 1.165) is 10.9 Å². The largest absolute Gasteiger partial charge is 0.306 e. The highest BCUT2D eigenvalue weighted by atomic mass is 35.5. The summed E-state index contributed by atoms with van der Waals surface area (Å²) >= 11 is 5.80. The molecule has 0 saturated heterocycles. The third-order valence-corrected chi connectivity index (χ3v) is 3.06. The van der Waals surface area contributed by atoms with Gasteiger partial charge in [0.2, 0.25) is 0 Å². The first kappa shape index (κ1) is 12.6. The molecular formula is C15H10ClN3O. The molecule has 3 aromatic rings. The molecule has 0 unspecified atom stereocenters. The first-order chi connectivity index (χ1) is 9.74. The van der Waals surface area contributed by atoms with Gasteiger partial charge in [-0.15, -0.1) is 0 Å². The predicted molar refractivity (Wildman–Crippen MR) is 78.9 cm³/mol. The molecular weight excluding hydrogens is 274 g/mol. The Morgan fingerprint density at radius 2 is 1.90 bits per heavy atom. The van der Waals surface area contributed by atoms with Gasteiger partial charge < -0.3 is 5.32 Å². The SMILES string of the molecule is O=C(Nc1cccc(Cl)n1)c1ccnc2ccccc12. The molecule has 1 aromatic carbocycles. The van der Waals surface area contributed by atoms with Crippen molar-refractivity contribution >= 4 is 34.2 Å². The lowest BCUT2D eigenvalue weighted by molar-refractivity contribution is 0.102. The van der Waals surface area contributed by atoms with Crippen molar-refractivity contribution in [2.75, 3.05) is 5.32 Å². The van der Waals surface area contributed by atoms with E-state index in [9.17, 15) is 4.79 Å². The van der Waals surface area contributed by atoms with Gasteiger partial charge in [-0.1, -0.05) is 35.9 Å². The van der Waals surface area contributed by atoms with Crippen molar-refractivity contribution in [3.63, 3.8) is 0 Å². The van der Waals surface area contributed by atoms with E-state index in [1.165, 1.54) is 0 Å². The maximum Gasteiger partial charge on any atom is 0.257 e. The molecule has 0 saturated carbocycles. The van der Waals surface area contributed by atoms with E-state index in [4.69, 9.17) is 11.6 Å². The lowest BCUT2D eigenvalue weighted by Gasteiger charge is -2.07. The van der Waals surface area contributed by atoms with Crippen LogP contribution in [0, 0.1) is 0 Å². The van der Waals surface area contributed by atoms with Crippen molar-refractivity contribution < 1.29 is 4.79 Å². The fourth-order valence-electron chi connectivity index (χ4n) is 1.96. The second-order valence-electron chi connectivity index (χ2n) is 4.18. The summed E-state index contributed by atoms with van der Waals surface area (Å²) < 4.78 is 0. The monoisotopic (exact) mass is 283 g/mol. The lowest BCUT2D eigenvalue weighted by Crippen LogP contribution is -2.13. The number of carbonyl (C=O) groups is 1. The van der Waals surface area contributed by atoms with Crippen molar-refractivity contribution in [1.82, 2.24) is 9.97 Å². The fraction of sp³-hybridized carbons (Fsp3) is 0. The summed E-state index contributed by atoms with van der Waals surface area (Å²) in [6, 6.07) is 14.2. The molecule has 0 aliphatic carbocycles. The molecule has 0 aliphatic heterocycles. The maximum absolute atomic E-state index is 12.3. The summed E-state index contributed by atoms with van der Waals surface area (Å²) in [6.45, 7) is 0. The normalized spacial score (nSPS) is 10.4. The summed E-state index contributed by atoms with van der Waals surface area (Å²) in [4.78, 5) is 20.6. The number of aromatic nitrogens is 2. The fourth-order valence-corrected chi connectivity index (χ4v) is 2.12. The molecule has 0 spiro atoms. The minimum absolute atomic E-state index is 0.238. The Morgan fingerprint density at radius 3 is 2.75 bits per heavy atom. The van der Waals surface area contributed by atoms with Gasteiger partial charge in [-0.2, -0.15) is 0 Å². The number of halogens is 1. The molecule has 2 heterocycles. The second-order valence-corrected chi connectivity index (χ2v) is 4.56. The smallest absolute Gasteiger partial charge is 0.257 e. The van der Waals surface area contributed by atoms with E-state index in [0.29, 0.717) is 16.5 Å². The van der Waals surface area contributed by atoms with Crippen molar-refractivity contribution in [3.05, 3.63) is 65.4 Å². The molecule has 0 radical (unpaired) electrons. The number of hydrogen-bond donors (Lipinski definition) is 1. The number of rotatable bonds is 2. The zero-order valence-corrected chi connectivity index (χ0v) is 11.1. The van der Waals surface area contributed by atoms with Crippen LogP contribution in [0.15, 0.2) is 54.7 Å². The Balaban J connectivity index is 1.97. The summed E-state index contributed by atoms with van der Waals surface area (Å²) in [6.07, 6.45) is 1.61. The zero-order chi connectivity index (χ0) is 13.9. The third kappa shape index (κ3) is 2.46. The molecule has 20 heavy (non-hydrogen) atoms. The van der Waals surface area contributed by atoms with Crippen molar-refractivity contribution in [3.8, 4) is 0 Å². The van der Waals surface area contributed by atoms with Crippen molar-refractivity contribution in [2.24, 2.45) is 0 Å². The van der Waals surface area contributed by atoms with E-state index >= 15 is 0 Å². The lowest BCUT2D eigenvalue weighted by atomic mass is 10.1. The molecule has 2 aromatic heterocycles. The van der Waals surface area contributed by atoms with Gasteiger partial charge in [0.25, 0.3) is 5.91 Å². The molecule has 1 amide bonds. The van der Waals surface area contributed by atoms with Gasteiger partial charge in [-0.25, -0.2) is 4.98 Å². The zero-order valence-electron chi connectivity index (χ0n) is 10.4. The highest BCUT2D eigenvalue weighted by molar-refractivity contribution is 6.29. The van der Waals surface area contributed by atoms with Crippen LogP contribution in [0.5, 0.6) is 0 Å². The Hall–Kier alpha value is -2.46. The van der Waals surface area contributed by atoms with Crippen molar-refractivity contribution in [1.29, 1.82) is 0 Å². The van der Waals surface area contributed by atoms with Crippen LogP contribution in [0.3, 0.4) is 0 Å². The minimum atomic E-state index is -0.238. The molecule has 5 heteroatoms. The first-order valence-corrected chi connectivity index (χ1v) is 6.39. The van der Waals surface area contributed by atoms with Gasteiger partial charge in [0.15, 0.2) is 0 Å². The number of amides is 1. The Morgan fingerprint density at radius 1 is 1.05 bits per heavy atom. The first-order valence-electron chi connectivity index (χ1n) is 6.02. The van der Waals surface area contributed by atoms with Crippen LogP contribution in [0.1, 0.15) is 10.4 Å². The molecule has 3 rings (SSSR count). The molecule has 1 N–H and O–H groups in total. The van der Waals surface area contributed by atoms with Crippen LogP contribution in [-0.4, -0.2) is 15.9 Å². The standard InChI is InChI=1S/C15H10ClN3O/c16-13-6-3-7-14(18-13)19-15(20)11-8-9-17-12-5-2-1-4-10(11)12/h1-9H,(H,18,19,20). The maximum atomic E-state index is 12.3. The van der Waals surface area contributed by atoms with Crippen molar-refractivity contribution in [2.45, 2.75) is 0 Å². The molecule has 0 atom stereocenters. The van der Waals surface area contributed by atoms with Crippen LogP contribution < -0.4 is 5.32 Å². The van der Waals surface area contributed by atoms with Crippen LogP contribution in [0.4, 0.5) is 5.82 Å². The Kier molecular flexibility index (Phi) is 3.31. The van der Waals surface area contributed by atoms with Gasteiger partial charge >= 0.3 is 0 Å². The molecule has 0 fully saturated rings. The minimum Gasteiger partial charge on any atom is -0.306 e. The molecule has 98 valence electrons. The van der Waals surface area contributed by atoms with Gasteiger partial charge in [-0.05, 0) is 24.3 Å². The average molecular weight is 284 g/mol. The van der Waals surface area contributed by atoms with Crippen LogP contribution in [-0.2, 0) is 0 Å². The number of carbonyl (C=O) groups excluding carboxylic acids is 1. The Bertz CT molecular complexity index is 783. The van der Waals surface area contributed by atoms with Crippen LogP contribution in [0.2, 0.25) is 5.15 Å². The third-order valence-electron chi connectivity index (χ3n) is 2.85. The predicted octanol–water partition coefficient (Wildman–Crippen LogP) is 3.54. The van der Waals surface area contributed by atoms with Gasteiger partial charge in [0, 0.05) is 11.6 Å². The summed E-state index contributed by atoms with van der Waals surface area (Å²) in [5.74, 6) is 0.182. The van der Waals surface area contributed by atoms with E-state index in [2.05, 4.69) is 15.3 Å². The van der Waals surface area contributed by atoms with Crippen LogP contribution in [0.25, 0.3) is 10.9 Å².